The highest BCUT2D eigenvalue weighted by molar-refractivity contribution is 7.99. The number of pyridine rings is 1. The maximum atomic E-state index is 13.0. The summed E-state index contributed by atoms with van der Waals surface area (Å²) in [4.78, 5) is 18.4. The Morgan fingerprint density at radius 1 is 1.28 bits per heavy atom. The molecule has 1 N–H and O–H groups in total. The number of benzene rings is 1. The molecule has 0 amide bonds. The molecule has 0 bridgehead atoms. The number of carbonyl (C=O) groups is 1. The highest BCUT2D eigenvalue weighted by Gasteiger charge is 2.38. The fraction of sp³-hybridized carbons (Fsp3) is 0.222. The average molecular weight is 395 g/mol. The molecule has 0 fully saturated rings. The lowest BCUT2D eigenvalue weighted by atomic mass is 10.00. The summed E-state index contributed by atoms with van der Waals surface area (Å²) in [6.45, 7) is 2.07. The fourth-order valence-electron chi connectivity index (χ4n) is 2.62. The van der Waals surface area contributed by atoms with Crippen molar-refractivity contribution >= 4 is 46.3 Å². The molecule has 0 aliphatic carbocycles. The molecule has 0 saturated heterocycles. The van der Waals surface area contributed by atoms with E-state index in [0.717, 1.165) is 10.6 Å². The number of nitrogens with one attached hydrogen (secondary N) is 1. The summed E-state index contributed by atoms with van der Waals surface area (Å²) in [6, 6.07) is 8.81. The number of nitrogens with zero attached hydrogens (tertiary/aromatic N) is 1. The summed E-state index contributed by atoms with van der Waals surface area (Å²) >= 11 is 13.9. The number of halogens is 2. The molecule has 0 unspecified atom stereocenters. The zero-order valence-corrected chi connectivity index (χ0v) is 16.0. The topological polar surface area (TPSA) is 51.2 Å². The standard InChI is InChI=1S/C18H16Cl2N2O2S/c1-3-25-11-6-7-22-14(9-11)15-16(23)17(24-18(15)21-2)12-5-4-10(19)8-13(12)20/h4-9,17,21H,3H2,1-2H3/t17-/m0/s1. The summed E-state index contributed by atoms with van der Waals surface area (Å²) in [7, 11) is 1.71. The Kier molecular flexibility index (Phi) is 5.57. The number of thioether (sulfide) groups is 1. The summed E-state index contributed by atoms with van der Waals surface area (Å²) in [5.74, 6) is 1.15. The van der Waals surface area contributed by atoms with Crippen LogP contribution in [0.15, 0.2) is 47.3 Å². The lowest BCUT2D eigenvalue weighted by Gasteiger charge is -2.13. The van der Waals surface area contributed by atoms with Crippen molar-refractivity contribution in [1.82, 2.24) is 10.3 Å². The molecule has 1 aromatic heterocycles. The SMILES string of the molecule is CCSc1ccnc(C2=C(NC)O[C@@H](c3ccc(Cl)cc3Cl)C2=O)c1. The van der Waals surface area contributed by atoms with Gasteiger partial charge in [-0.1, -0.05) is 36.2 Å². The summed E-state index contributed by atoms with van der Waals surface area (Å²) < 4.78 is 5.84. The lowest BCUT2D eigenvalue weighted by Crippen LogP contribution is -2.11. The minimum absolute atomic E-state index is 0.181. The maximum Gasteiger partial charge on any atom is 0.215 e. The number of ether oxygens (including phenoxy) is 1. The van der Waals surface area contributed by atoms with Crippen LogP contribution in [0, 0.1) is 0 Å². The molecule has 130 valence electrons. The van der Waals surface area contributed by atoms with E-state index in [4.69, 9.17) is 27.9 Å². The zero-order chi connectivity index (χ0) is 18.0. The van der Waals surface area contributed by atoms with Gasteiger partial charge in [0.1, 0.15) is 5.57 Å². The first kappa shape index (κ1) is 18.1. The first-order valence-electron chi connectivity index (χ1n) is 7.72. The number of Topliss-reactive ketones (excluding diaryl/α,β-unsaturated/α-hetero) is 1. The van der Waals surface area contributed by atoms with E-state index >= 15 is 0 Å². The molecule has 1 atom stereocenters. The summed E-state index contributed by atoms with van der Waals surface area (Å²) in [5, 5.41) is 3.85. The van der Waals surface area contributed by atoms with E-state index < -0.39 is 6.10 Å². The van der Waals surface area contributed by atoms with Gasteiger partial charge >= 0.3 is 0 Å². The lowest BCUT2D eigenvalue weighted by molar-refractivity contribution is -0.120. The third-order valence-corrected chi connectivity index (χ3v) is 5.16. The predicted molar refractivity (Wildman–Crippen MR) is 102 cm³/mol. The highest BCUT2D eigenvalue weighted by Crippen LogP contribution is 2.39. The predicted octanol–water partition coefficient (Wildman–Crippen LogP) is 4.73. The van der Waals surface area contributed by atoms with E-state index in [-0.39, 0.29) is 5.78 Å². The number of aromatic nitrogens is 1. The zero-order valence-electron chi connectivity index (χ0n) is 13.7. The molecule has 0 saturated carbocycles. The quantitative estimate of drug-likeness (QED) is 0.742. The van der Waals surface area contributed by atoms with Gasteiger partial charge in [-0.25, -0.2) is 0 Å². The van der Waals surface area contributed by atoms with Crippen molar-refractivity contribution in [3.8, 4) is 0 Å². The first-order chi connectivity index (χ1) is 12.0. The average Bonchev–Trinajstić information content (AvgIpc) is 2.92. The number of hydrogen-bond donors (Lipinski definition) is 1. The third-order valence-electron chi connectivity index (χ3n) is 3.72. The van der Waals surface area contributed by atoms with Crippen molar-refractivity contribution in [2.75, 3.05) is 12.8 Å². The van der Waals surface area contributed by atoms with Crippen LogP contribution in [0.1, 0.15) is 24.3 Å². The number of rotatable bonds is 5. The molecule has 7 heteroatoms. The second kappa shape index (κ2) is 7.68. The Morgan fingerprint density at radius 2 is 2.08 bits per heavy atom. The van der Waals surface area contributed by atoms with Crippen LogP contribution in [0.4, 0.5) is 0 Å². The van der Waals surface area contributed by atoms with Gasteiger partial charge in [0.15, 0.2) is 6.10 Å². The van der Waals surface area contributed by atoms with E-state index in [2.05, 4.69) is 17.2 Å². The fourth-order valence-corrected chi connectivity index (χ4v) is 3.82. The summed E-state index contributed by atoms with van der Waals surface area (Å²) in [5.41, 5.74) is 1.59. The molecule has 0 spiro atoms. The number of ketones is 1. The van der Waals surface area contributed by atoms with Crippen molar-refractivity contribution in [2.45, 2.75) is 17.9 Å². The van der Waals surface area contributed by atoms with Crippen molar-refractivity contribution in [2.24, 2.45) is 0 Å². The normalized spacial score (nSPS) is 17.0. The third kappa shape index (κ3) is 3.64. The minimum atomic E-state index is -0.813. The smallest absolute Gasteiger partial charge is 0.215 e. The van der Waals surface area contributed by atoms with Gasteiger partial charge in [0, 0.05) is 33.7 Å². The molecule has 0 radical (unpaired) electrons. The largest absolute Gasteiger partial charge is 0.462 e. The Morgan fingerprint density at radius 3 is 2.76 bits per heavy atom. The van der Waals surface area contributed by atoms with Crippen molar-refractivity contribution in [3.05, 3.63) is 63.7 Å². The van der Waals surface area contributed by atoms with Crippen molar-refractivity contribution < 1.29 is 9.53 Å². The molecule has 25 heavy (non-hydrogen) atoms. The molecule has 1 aromatic carbocycles. The van der Waals surface area contributed by atoms with Crippen LogP contribution >= 0.6 is 35.0 Å². The minimum Gasteiger partial charge on any atom is -0.462 e. The van der Waals surface area contributed by atoms with Gasteiger partial charge in [-0.05, 0) is 30.0 Å². The van der Waals surface area contributed by atoms with Crippen LogP contribution in [0.25, 0.3) is 5.57 Å². The number of carbonyl (C=O) groups excluding carboxylic acids is 1. The Hall–Kier alpha value is -1.69. The molecule has 1 aliphatic rings. The second-order valence-electron chi connectivity index (χ2n) is 5.29. The van der Waals surface area contributed by atoms with Crippen molar-refractivity contribution in [3.63, 3.8) is 0 Å². The van der Waals surface area contributed by atoms with Gasteiger partial charge in [0.25, 0.3) is 0 Å². The van der Waals surface area contributed by atoms with Crippen LogP contribution in [-0.4, -0.2) is 23.6 Å². The van der Waals surface area contributed by atoms with Gasteiger partial charge in [-0.2, -0.15) is 0 Å². The van der Waals surface area contributed by atoms with Gasteiger partial charge in [0.2, 0.25) is 11.7 Å². The molecular weight excluding hydrogens is 379 g/mol. The Labute approximate surface area is 160 Å². The van der Waals surface area contributed by atoms with Crippen molar-refractivity contribution in [1.29, 1.82) is 0 Å². The van der Waals surface area contributed by atoms with Crippen LogP contribution < -0.4 is 5.32 Å². The van der Waals surface area contributed by atoms with Crippen LogP contribution in [-0.2, 0) is 9.53 Å². The van der Waals surface area contributed by atoms with Gasteiger partial charge in [0.05, 0.1) is 5.69 Å². The molecule has 3 rings (SSSR count). The van der Waals surface area contributed by atoms with Crippen LogP contribution in [0.2, 0.25) is 10.0 Å². The van der Waals surface area contributed by atoms with Gasteiger partial charge in [-0.15, -0.1) is 11.8 Å². The first-order valence-corrected chi connectivity index (χ1v) is 9.46. The molecule has 2 heterocycles. The van der Waals surface area contributed by atoms with E-state index in [0.29, 0.717) is 32.8 Å². The van der Waals surface area contributed by atoms with Gasteiger partial charge < -0.3 is 10.1 Å². The molecular formula is C18H16Cl2N2O2S. The van der Waals surface area contributed by atoms with E-state index in [1.54, 1.807) is 43.2 Å². The molecule has 1 aliphatic heterocycles. The monoisotopic (exact) mass is 394 g/mol. The van der Waals surface area contributed by atoms with E-state index in [9.17, 15) is 4.79 Å². The number of hydrogen-bond acceptors (Lipinski definition) is 5. The van der Waals surface area contributed by atoms with Gasteiger partial charge in [-0.3, -0.25) is 9.78 Å². The molecule has 4 nitrogen and oxygen atoms in total. The maximum absolute atomic E-state index is 13.0. The van der Waals surface area contributed by atoms with Crippen LogP contribution in [0.3, 0.4) is 0 Å². The van der Waals surface area contributed by atoms with E-state index in [1.165, 1.54) is 0 Å². The Bertz CT molecular complexity index is 855. The second-order valence-corrected chi connectivity index (χ2v) is 7.47. The van der Waals surface area contributed by atoms with E-state index in [1.807, 2.05) is 12.1 Å². The summed E-state index contributed by atoms with van der Waals surface area (Å²) in [6.07, 6.45) is 0.884. The highest BCUT2D eigenvalue weighted by atomic mass is 35.5. The van der Waals surface area contributed by atoms with Crippen LogP contribution in [0.5, 0.6) is 0 Å². The molecule has 2 aromatic rings. The Balaban J connectivity index is 1.99.